The van der Waals surface area contributed by atoms with Crippen LogP contribution in [0.4, 0.5) is 0 Å². The van der Waals surface area contributed by atoms with Gasteiger partial charge >= 0.3 is 0 Å². The largest absolute Gasteiger partial charge is 0.508 e. The molecule has 0 spiro atoms. The molecule has 0 aliphatic carbocycles. The van der Waals surface area contributed by atoms with Crippen molar-refractivity contribution in [1.29, 1.82) is 0 Å². The lowest BCUT2D eigenvalue weighted by molar-refractivity contribution is -0.121. The Morgan fingerprint density at radius 1 is 1.00 bits per heavy atom. The first-order valence-electron chi connectivity index (χ1n) is 8.62. The molecule has 0 unspecified atom stereocenters. The minimum Gasteiger partial charge on any atom is -0.508 e. The molecule has 3 aromatic rings. The molecular weight excluding hydrogens is 417 g/mol. The highest BCUT2D eigenvalue weighted by atomic mass is 35.5. The molecule has 0 aromatic heterocycles. The number of phenols is 1. The highest BCUT2D eigenvalue weighted by Crippen LogP contribution is 2.34. The number of phenolic OH excluding ortho intramolecular Hbond substituents is 1. The number of benzene rings is 3. The fourth-order valence-corrected chi connectivity index (χ4v) is 3.95. The first-order valence-corrected chi connectivity index (χ1v) is 9.76. The van der Waals surface area contributed by atoms with Crippen LogP contribution in [-0.4, -0.2) is 11.0 Å². The van der Waals surface area contributed by atoms with Crippen molar-refractivity contribution in [2.45, 2.75) is 19.4 Å². The van der Waals surface area contributed by atoms with E-state index in [1.165, 1.54) is 6.07 Å². The summed E-state index contributed by atoms with van der Waals surface area (Å²) in [6.07, 6.45) is 0. The molecule has 0 saturated heterocycles. The standard InChI is InChI=1S/C22H18Cl3NO2/c1-13-9-16(24)11-19(25)18(13)12-26-22(28)21(14-5-3-2-4-6-14)17-10-15(23)7-8-20(17)27/h2-11,21,27H,12H2,1H3,(H,26,28)/t21-/m1/s1. The minimum absolute atomic E-state index is 0.00843. The predicted octanol–water partition coefficient (Wildman–Crippen LogP) is 6.11. The van der Waals surface area contributed by atoms with Gasteiger partial charge in [-0.1, -0.05) is 65.1 Å². The van der Waals surface area contributed by atoms with Gasteiger partial charge in [-0.25, -0.2) is 0 Å². The molecule has 6 heteroatoms. The summed E-state index contributed by atoms with van der Waals surface area (Å²) in [5, 5.41) is 14.7. The number of aryl methyl sites for hydroxylation is 1. The van der Waals surface area contributed by atoms with E-state index in [0.717, 1.165) is 16.7 Å². The van der Waals surface area contributed by atoms with Crippen molar-refractivity contribution in [3.63, 3.8) is 0 Å². The molecule has 0 aliphatic heterocycles. The van der Waals surface area contributed by atoms with E-state index in [4.69, 9.17) is 34.8 Å². The van der Waals surface area contributed by atoms with Gasteiger partial charge in [0, 0.05) is 27.2 Å². The zero-order valence-corrected chi connectivity index (χ0v) is 17.3. The topological polar surface area (TPSA) is 49.3 Å². The Morgan fingerprint density at radius 3 is 2.39 bits per heavy atom. The first kappa shape index (κ1) is 20.5. The quantitative estimate of drug-likeness (QED) is 0.509. The second kappa shape index (κ2) is 8.87. The van der Waals surface area contributed by atoms with Crippen LogP contribution in [0.1, 0.15) is 28.2 Å². The first-order chi connectivity index (χ1) is 13.4. The van der Waals surface area contributed by atoms with Crippen LogP contribution in [0.15, 0.2) is 60.7 Å². The second-order valence-corrected chi connectivity index (χ2v) is 7.73. The number of carbonyl (C=O) groups is 1. The van der Waals surface area contributed by atoms with E-state index in [-0.39, 0.29) is 18.2 Å². The molecule has 28 heavy (non-hydrogen) atoms. The number of hydrogen-bond donors (Lipinski definition) is 2. The molecule has 0 bridgehead atoms. The van der Waals surface area contributed by atoms with E-state index in [1.807, 2.05) is 37.3 Å². The molecule has 0 aliphatic rings. The number of rotatable bonds is 5. The van der Waals surface area contributed by atoms with E-state index >= 15 is 0 Å². The van der Waals surface area contributed by atoms with Crippen LogP contribution in [0, 0.1) is 6.92 Å². The van der Waals surface area contributed by atoms with Gasteiger partial charge < -0.3 is 10.4 Å². The van der Waals surface area contributed by atoms with Crippen LogP contribution in [-0.2, 0) is 11.3 Å². The maximum absolute atomic E-state index is 13.1. The smallest absolute Gasteiger partial charge is 0.232 e. The van der Waals surface area contributed by atoms with Crippen molar-refractivity contribution in [1.82, 2.24) is 5.32 Å². The molecule has 2 N–H and O–H groups in total. The third-order valence-corrected chi connectivity index (χ3v) is 5.31. The summed E-state index contributed by atoms with van der Waals surface area (Å²) in [4.78, 5) is 13.1. The van der Waals surface area contributed by atoms with Crippen molar-refractivity contribution in [2.75, 3.05) is 0 Å². The number of nitrogens with one attached hydrogen (secondary N) is 1. The van der Waals surface area contributed by atoms with E-state index in [9.17, 15) is 9.90 Å². The lowest BCUT2D eigenvalue weighted by atomic mass is 9.89. The van der Waals surface area contributed by atoms with Crippen LogP contribution in [0.5, 0.6) is 5.75 Å². The number of halogens is 3. The van der Waals surface area contributed by atoms with Crippen LogP contribution in [0.2, 0.25) is 15.1 Å². The normalized spacial score (nSPS) is 11.9. The molecule has 3 aromatic carbocycles. The minimum atomic E-state index is -0.716. The third kappa shape index (κ3) is 4.61. The summed E-state index contributed by atoms with van der Waals surface area (Å²) in [7, 11) is 0. The number of amides is 1. The number of carbonyl (C=O) groups excluding carboxylic acids is 1. The third-order valence-electron chi connectivity index (χ3n) is 4.52. The Labute approximate surface area is 178 Å². The van der Waals surface area contributed by atoms with Crippen LogP contribution >= 0.6 is 34.8 Å². The molecule has 3 rings (SSSR count). The van der Waals surface area contributed by atoms with E-state index in [2.05, 4.69) is 5.32 Å². The van der Waals surface area contributed by atoms with Crippen LogP contribution in [0.3, 0.4) is 0 Å². The zero-order valence-electron chi connectivity index (χ0n) is 15.0. The van der Waals surface area contributed by atoms with Gasteiger partial charge in [0.25, 0.3) is 0 Å². The Morgan fingerprint density at radius 2 is 1.71 bits per heavy atom. The monoisotopic (exact) mass is 433 g/mol. The Kier molecular flexibility index (Phi) is 6.50. The summed E-state index contributed by atoms with van der Waals surface area (Å²) in [5.41, 5.74) is 2.87. The second-order valence-electron chi connectivity index (χ2n) is 6.45. The van der Waals surface area contributed by atoms with Gasteiger partial charge in [-0.2, -0.15) is 0 Å². The molecule has 0 saturated carbocycles. The van der Waals surface area contributed by atoms with Crippen LogP contribution < -0.4 is 5.32 Å². The van der Waals surface area contributed by atoms with Gasteiger partial charge in [0.1, 0.15) is 5.75 Å². The summed E-state index contributed by atoms with van der Waals surface area (Å²) in [6, 6.07) is 17.4. The van der Waals surface area contributed by atoms with Gasteiger partial charge in [-0.05, 0) is 53.9 Å². The Bertz CT molecular complexity index is 983. The van der Waals surface area contributed by atoms with E-state index in [1.54, 1.807) is 24.3 Å². The lowest BCUT2D eigenvalue weighted by Crippen LogP contribution is -2.30. The number of aromatic hydroxyl groups is 1. The van der Waals surface area contributed by atoms with Gasteiger partial charge in [0.2, 0.25) is 5.91 Å². The highest BCUT2D eigenvalue weighted by molar-refractivity contribution is 6.35. The molecule has 1 atom stereocenters. The molecule has 0 radical (unpaired) electrons. The summed E-state index contributed by atoms with van der Waals surface area (Å²) in [5.74, 6) is -0.977. The van der Waals surface area contributed by atoms with Crippen molar-refractivity contribution < 1.29 is 9.90 Å². The van der Waals surface area contributed by atoms with Crippen molar-refractivity contribution in [3.8, 4) is 5.75 Å². The van der Waals surface area contributed by atoms with Gasteiger partial charge in [-0.15, -0.1) is 0 Å². The average Bonchev–Trinajstić information content (AvgIpc) is 2.65. The zero-order chi connectivity index (χ0) is 20.3. The lowest BCUT2D eigenvalue weighted by Gasteiger charge is -2.20. The van der Waals surface area contributed by atoms with Crippen molar-refractivity contribution in [2.24, 2.45) is 0 Å². The summed E-state index contributed by atoms with van der Waals surface area (Å²) in [6.45, 7) is 2.13. The molecule has 0 heterocycles. The average molecular weight is 435 g/mol. The van der Waals surface area contributed by atoms with E-state index < -0.39 is 5.92 Å². The number of hydrogen-bond acceptors (Lipinski definition) is 2. The summed E-state index contributed by atoms with van der Waals surface area (Å²) >= 11 is 18.4. The highest BCUT2D eigenvalue weighted by Gasteiger charge is 2.26. The SMILES string of the molecule is Cc1cc(Cl)cc(Cl)c1CNC(=O)[C@H](c1ccccc1)c1cc(Cl)ccc1O. The molecule has 0 fully saturated rings. The Hall–Kier alpha value is -2.20. The predicted molar refractivity (Wildman–Crippen MR) is 114 cm³/mol. The fourth-order valence-electron chi connectivity index (χ4n) is 3.11. The fraction of sp³-hybridized carbons (Fsp3) is 0.136. The maximum Gasteiger partial charge on any atom is 0.232 e. The Balaban J connectivity index is 1.93. The molecule has 1 amide bonds. The maximum atomic E-state index is 13.1. The van der Waals surface area contributed by atoms with Crippen molar-refractivity contribution >= 4 is 40.7 Å². The van der Waals surface area contributed by atoms with Gasteiger partial charge in [0.05, 0.1) is 5.92 Å². The van der Waals surface area contributed by atoms with E-state index in [0.29, 0.717) is 20.6 Å². The van der Waals surface area contributed by atoms with Gasteiger partial charge in [0.15, 0.2) is 0 Å². The molecule has 3 nitrogen and oxygen atoms in total. The van der Waals surface area contributed by atoms with Gasteiger partial charge in [-0.3, -0.25) is 4.79 Å². The van der Waals surface area contributed by atoms with Crippen molar-refractivity contribution in [3.05, 3.63) is 98.0 Å². The molecule has 144 valence electrons. The summed E-state index contributed by atoms with van der Waals surface area (Å²) < 4.78 is 0. The molecular formula is C22H18Cl3NO2. The van der Waals surface area contributed by atoms with Crippen LogP contribution in [0.25, 0.3) is 0 Å².